The molecule has 0 aliphatic heterocycles. The summed E-state index contributed by atoms with van der Waals surface area (Å²) in [6.07, 6.45) is 0. The molecule has 5 heteroatoms. The number of aryl methyl sites for hydroxylation is 1. The van der Waals surface area contributed by atoms with Gasteiger partial charge < -0.3 is 5.73 Å². The third-order valence-electron chi connectivity index (χ3n) is 2.90. The fourth-order valence-electron chi connectivity index (χ4n) is 1.79. The number of para-hydroxylation sites is 1. The van der Waals surface area contributed by atoms with Crippen LogP contribution in [-0.4, -0.2) is 5.71 Å². The van der Waals surface area contributed by atoms with E-state index in [9.17, 15) is 0 Å². The van der Waals surface area contributed by atoms with Crippen LogP contribution in [-0.2, 0) is 0 Å². The summed E-state index contributed by atoms with van der Waals surface area (Å²) in [6, 6.07) is 11.1. The smallest absolute Gasteiger partial charge is 0.0934 e. The van der Waals surface area contributed by atoms with Crippen LogP contribution in [0.2, 0.25) is 10.0 Å². The molecule has 0 saturated carbocycles. The minimum atomic E-state index is 0.520. The van der Waals surface area contributed by atoms with E-state index in [4.69, 9.17) is 28.9 Å². The van der Waals surface area contributed by atoms with E-state index in [1.165, 1.54) is 0 Å². The number of nitrogens with one attached hydrogen (secondary N) is 1. The van der Waals surface area contributed by atoms with E-state index in [2.05, 4.69) is 10.5 Å². The lowest BCUT2D eigenvalue weighted by Gasteiger charge is -2.09. The molecule has 0 saturated heterocycles. The average molecular weight is 308 g/mol. The van der Waals surface area contributed by atoms with Gasteiger partial charge in [0.2, 0.25) is 0 Å². The molecule has 0 amide bonds. The Morgan fingerprint density at radius 2 is 1.80 bits per heavy atom. The highest BCUT2D eigenvalue weighted by atomic mass is 35.5. The van der Waals surface area contributed by atoms with Crippen molar-refractivity contribution in [3.05, 3.63) is 57.6 Å². The largest absolute Gasteiger partial charge is 0.398 e. The molecule has 20 heavy (non-hydrogen) atoms. The molecule has 0 spiro atoms. The fourth-order valence-corrected chi connectivity index (χ4v) is 2.27. The predicted octanol–water partition coefficient (Wildman–Crippen LogP) is 4.72. The van der Waals surface area contributed by atoms with Crippen molar-refractivity contribution in [2.75, 3.05) is 11.2 Å². The normalized spacial score (nSPS) is 11.5. The number of benzene rings is 2. The molecule has 0 heterocycles. The molecular weight excluding hydrogens is 293 g/mol. The lowest BCUT2D eigenvalue weighted by Crippen LogP contribution is -2.04. The summed E-state index contributed by atoms with van der Waals surface area (Å²) in [5, 5.41) is 5.35. The zero-order chi connectivity index (χ0) is 14.7. The van der Waals surface area contributed by atoms with Crippen LogP contribution < -0.4 is 11.2 Å². The number of hydrazone groups is 1. The summed E-state index contributed by atoms with van der Waals surface area (Å²) >= 11 is 12.1. The molecule has 0 atom stereocenters. The van der Waals surface area contributed by atoms with E-state index in [0.717, 1.165) is 16.8 Å². The number of nitrogens with zero attached hydrogens (tertiary/aromatic N) is 1. The lowest BCUT2D eigenvalue weighted by atomic mass is 10.1. The van der Waals surface area contributed by atoms with Crippen molar-refractivity contribution < 1.29 is 0 Å². The third-order valence-corrected chi connectivity index (χ3v) is 3.53. The van der Waals surface area contributed by atoms with E-state index in [1.54, 1.807) is 18.2 Å². The van der Waals surface area contributed by atoms with Gasteiger partial charge >= 0.3 is 0 Å². The van der Waals surface area contributed by atoms with Crippen LogP contribution in [0, 0.1) is 6.92 Å². The second kappa shape index (κ2) is 6.16. The number of nitrogens with two attached hydrogens (primary N) is 1. The van der Waals surface area contributed by atoms with Crippen LogP contribution in [0.4, 0.5) is 11.4 Å². The Labute approximate surface area is 128 Å². The van der Waals surface area contributed by atoms with Crippen LogP contribution in [0.5, 0.6) is 0 Å². The van der Waals surface area contributed by atoms with Gasteiger partial charge in [-0.25, -0.2) is 0 Å². The first-order valence-electron chi connectivity index (χ1n) is 6.10. The molecule has 2 aromatic carbocycles. The Morgan fingerprint density at radius 3 is 2.45 bits per heavy atom. The maximum atomic E-state index is 6.07. The van der Waals surface area contributed by atoms with Crippen LogP contribution in [0.1, 0.15) is 18.1 Å². The van der Waals surface area contributed by atoms with Gasteiger partial charge in [0.15, 0.2) is 0 Å². The molecule has 0 aliphatic rings. The number of rotatable bonds is 3. The molecule has 2 aromatic rings. The fraction of sp³-hybridized carbons (Fsp3) is 0.133. The zero-order valence-corrected chi connectivity index (χ0v) is 12.8. The summed E-state index contributed by atoms with van der Waals surface area (Å²) in [6.45, 7) is 3.89. The van der Waals surface area contributed by atoms with Crippen molar-refractivity contribution in [2.24, 2.45) is 5.10 Å². The molecule has 0 radical (unpaired) electrons. The standard InChI is InChI=1S/C15H15Cl2N3/c1-9-6-7-14(18)11(8-9)10(2)19-20-15-12(16)4-3-5-13(15)17/h3-8,20H,18H2,1-2H3/b19-10+. The molecule has 3 nitrogen and oxygen atoms in total. The SMILES string of the molecule is C/C(=N\Nc1c(Cl)cccc1Cl)c1cc(C)ccc1N. The Hall–Kier alpha value is -1.71. The third kappa shape index (κ3) is 3.24. The average Bonchev–Trinajstić information content (AvgIpc) is 2.40. The monoisotopic (exact) mass is 307 g/mol. The molecule has 0 aromatic heterocycles. The maximum Gasteiger partial charge on any atom is 0.0934 e. The van der Waals surface area contributed by atoms with Crippen molar-refractivity contribution in [1.82, 2.24) is 0 Å². The first-order valence-corrected chi connectivity index (χ1v) is 6.85. The second-order valence-corrected chi connectivity index (χ2v) is 5.31. The second-order valence-electron chi connectivity index (χ2n) is 4.50. The lowest BCUT2D eigenvalue weighted by molar-refractivity contribution is 1.32. The van der Waals surface area contributed by atoms with Gasteiger partial charge in [-0.05, 0) is 38.1 Å². The number of anilines is 2. The first kappa shape index (κ1) is 14.7. The van der Waals surface area contributed by atoms with Gasteiger partial charge in [0.1, 0.15) is 0 Å². The van der Waals surface area contributed by atoms with E-state index < -0.39 is 0 Å². The Kier molecular flexibility index (Phi) is 4.53. The number of hydrogen-bond donors (Lipinski definition) is 2. The molecular formula is C15H15Cl2N3. The molecule has 0 bridgehead atoms. The topological polar surface area (TPSA) is 50.4 Å². The van der Waals surface area contributed by atoms with E-state index in [1.807, 2.05) is 32.0 Å². The quantitative estimate of drug-likeness (QED) is 0.489. The summed E-state index contributed by atoms with van der Waals surface area (Å²) in [4.78, 5) is 0. The van der Waals surface area contributed by atoms with Gasteiger partial charge in [-0.15, -0.1) is 0 Å². The highest BCUT2D eigenvalue weighted by molar-refractivity contribution is 6.39. The minimum absolute atomic E-state index is 0.520. The molecule has 0 fully saturated rings. The van der Waals surface area contributed by atoms with Crippen molar-refractivity contribution in [2.45, 2.75) is 13.8 Å². The highest BCUT2D eigenvalue weighted by Gasteiger charge is 2.06. The van der Waals surface area contributed by atoms with Gasteiger partial charge in [0.25, 0.3) is 0 Å². The first-order chi connectivity index (χ1) is 9.49. The summed E-state index contributed by atoms with van der Waals surface area (Å²) in [5.74, 6) is 0. The van der Waals surface area contributed by atoms with Crippen molar-refractivity contribution in [1.29, 1.82) is 0 Å². The van der Waals surface area contributed by atoms with Gasteiger partial charge in [0, 0.05) is 11.3 Å². The van der Waals surface area contributed by atoms with Gasteiger partial charge in [0.05, 0.1) is 21.4 Å². The number of hydrogen-bond acceptors (Lipinski definition) is 3. The van der Waals surface area contributed by atoms with Crippen LogP contribution >= 0.6 is 23.2 Å². The Balaban J connectivity index is 2.29. The molecule has 2 rings (SSSR count). The van der Waals surface area contributed by atoms with Crippen molar-refractivity contribution in [3.63, 3.8) is 0 Å². The van der Waals surface area contributed by atoms with Gasteiger partial charge in [-0.3, -0.25) is 5.43 Å². The zero-order valence-electron chi connectivity index (χ0n) is 11.2. The van der Waals surface area contributed by atoms with Crippen LogP contribution in [0.3, 0.4) is 0 Å². The summed E-state index contributed by atoms with van der Waals surface area (Å²) in [7, 11) is 0. The summed E-state index contributed by atoms with van der Waals surface area (Å²) in [5.41, 5.74) is 12.9. The van der Waals surface area contributed by atoms with Crippen LogP contribution in [0.15, 0.2) is 41.5 Å². The molecule has 3 N–H and O–H groups in total. The number of nitrogen functional groups attached to an aromatic ring is 1. The maximum absolute atomic E-state index is 6.07. The minimum Gasteiger partial charge on any atom is -0.398 e. The van der Waals surface area contributed by atoms with E-state index >= 15 is 0 Å². The van der Waals surface area contributed by atoms with Gasteiger partial charge in [-0.1, -0.05) is 40.9 Å². The predicted molar refractivity (Wildman–Crippen MR) is 87.9 cm³/mol. The molecule has 0 aliphatic carbocycles. The van der Waals surface area contributed by atoms with Crippen molar-refractivity contribution in [3.8, 4) is 0 Å². The van der Waals surface area contributed by atoms with Crippen LogP contribution in [0.25, 0.3) is 0 Å². The Bertz CT molecular complexity index is 646. The summed E-state index contributed by atoms with van der Waals surface area (Å²) < 4.78 is 0. The molecule has 104 valence electrons. The van der Waals surface area contributed by atoms with E-state index in [-0.39, 0.29) is 0 Å². The van der Waals surface area contributed by atoms with E-state index in [0.29, 0.717) is 21.4 Å². The Morgan fingerprint density at radius 1 is 1.15 bits per heavy atom. The molecule has 0 unspecified atom stereocenters. The highest BCUT2D eigenvalue weighted by Crippen LogP contribution is 2.29. The van der Waals surface area contributed by atoms with Gasteiger partial charge in [-0.2, -0.15) is 5.10 Å². The van der Waals surface area contributed by atoms with Crippen molar-refractivity contribution >= 4 is 40.3 Å². The number of halogens is 2.